The summed E-state index contributed by atoms with van der Waals surface area (Å²) >= 11 is 0. The highest BCUT2D eigenvalue weighted by molar-refractivity contribution is 7.92. The van der Waals surface area contributed by atoms with Crippen molar-refractivity contribution in [1.29, 1.82) is 0 Å². The highest BCUT2D eigenvalue weighted by atomic mass is 32.2. The molecule has 2 aromatic rings. The Balaban J connectivity index is 1.57. The summed E-state index contributed by atoms with van der Waals surface area (Å²) in [4.78, 5) is 27.9. The number of ether oxygens (including phenoxy) is 1. The zero-order valence-electron chi connectivity index (χ0n) is 17.5. The lowest BCUT2D eigenvalue weighted by molar-refractivity contribution is -0.142. The van der Waals surface area contributed by atoms with E-state index >= 15 is 0 Å². The molecule has 2 aromatic carbocycles. The lowest BCUT2D eigenvalue weighted by Crippen LogP contribution is -2.40. The van der Waals surface area contributed by atoms with E-state index in [0.717, 1.165) is 24.8 Å². The fraction of sp³-hybridized carbons (Fsp3) is 0.391. The van der Waals surface area contributed by atoms with Gasteiger partial charge in [-0.25, -0.2) is 13.2 Å². The molecule has 1 atom stereocenters. The van der Waals surface area contributed by atoms with Crippen LogP contribution >= 0.6 is 0 Å². The topological polar surface area (TPSA) is 84.0 Å². The predicted octanol–water partition coefficient (Wildman–Crippen LogP) is 2.92. The van der Waals surface area contributed by atoms with Crippen molar-refractivity contribution in [2.75, 3.05) is 30.2 Å². The fourth-order valence-electron chi connectivity index (χ4n) is 4.19. The first-order valence-corrected chi connectivity index (χ1v) is 12.3. The number of esters is 1. The maximum absolute atomic E-state index is 13.2. The second-order valence-corrected chi connectivity index (χ2v) is 9.92. The Morgan fingerprint density at radius 2 is 1.68 bits per heavy atom. The molecule has 0 aliphatic carbocycles. The van der Waals surface area contributed by atoms with Gasteiger partial charge in [-0.05, 0) is 49.4 Å². The third kappa shape index (κ3) is 4.58. The van der Waals surface area contributed by atoms with Gasteiger partial charge in [-0.3, -0.25) is 9.10 Å². The van der Waals surface area contributed by atoms with Crippen molar-refractivity contribution in [3.05, 3.63) is 65.2 Å². The van der Waals surface area contributed by atoms with E-state index in [1.54, 1.807) is 35.2 Å². The molecule has 164 valence electrons. The SMILES string of the molecule is CS(=O)(=O)N1CCc2cc(C(=O)O[C@@H](C(=O)N3CCCCC3)c3ccccc3)ccc21. The van der Waals surface area contributed by atoms with E-state index in [2.05, 4.69) is 0 Å². The van der Waals surface area contributed by atoms with Crippen LogP contribution in [0.5, 0.6) is 0 Å². The molecule has 31 heavy (non-hydrogen) atoms. The first-order valence-electron chi connectivity index (χ1n) is 10.5. The van der Waals surface area contributed by atoms with Gasteiger partial charge in [-0.1, -0.05) is 30.3 Å². The number of nitrogens with zero attached hydrogens (tertiary/aromatic N) is 2. The number of hydrogen-bond acceptors (Lipinski definition) is 5. The molecule has 4 rings (SSSR count). The molecule has 0 saturated carbocycles. The minimum atomic E-state index is -3.36. The van der Waals surface area contributed by atoms with E-state index in [0.29, 0.717) is 42.9 Å². The summed E-state index contributed by atoms with van der Waals surface area (Å²) < 4.78 is 30.9. The number of sulfonamides is 1. The number of carbonyl (C=O) groups excluding carboxylic acids is 2. The summed E-state index contributed by atoms with van der Waals surface area (Å²) in [5.41, 5.74) is 2.30. The minimum absolute atomic E-state index is 0.205. The van der Waals surface area contributed by atoms with E-state index in [9.17, 15) is 18.0 Å². The maximum atomic E-state index is 13.2. The van der Waals surface area contributed by atoms with E-state index < -0.39 is 22.1 Å². The summed E-state index contributed by atoms with van der Waals surface area (Å²) in [6.07, 6.45) is 3.68. The van der Waals surface area contributed by atoms with E-state index in [1.807, 2.05) is 18.2 Å². The molecule has 0 unspecified atom stereocenters. The Labute approximate surface area is 182 Å². The minimum Gasteiger partial charge on any atom is -0.444 e. The van der Waals surface area contributed by atoms with Crippen LogP contribution in [-0.4, -0.2) is 51.1 Å². The van der Waals surface area contributed by atoms with Gasteiger partial charge in [0, 0.05) is 25.2 Å². The molecule has 8 heteroatoms. The molecule has 7 nitrogen and oxygen atoms in total. The third-order valence-electron chi connectivity index (χ3n) is 5.79. The summed E-state index contributed by atoms with van der Waals surface area (Å²) in [5, 5.41) is 0. The van der Waals surface area contributed by atoms with Crippen LogP contribution in [0.2, 0.25) is 0 Å². The molecule has 0 bridgehead atoms. The van der Waals surface area contributed by atoms with Crippen molar-refractivity contribution >= 4 is 27.6 Å². The number of benzene rings is 2. The molecule has 0 N–H and O–H groups in total. The molecule has 0 radical (unpaired) electrons. The van der Waals surface area contributed by atoms with Crippen molar-refractivity contribution in [2.24, 2.45) is 0 Å². The molecule has 2 aliphatic heterocycles. The van der Waals surface area contributed by atoms with Gasteiger partial charge in [0.1, 0.15) is 0 Å². The number of rotatable bonds is 5. The largest absolute Gasteiger partial charge is 0.444 e. The second kappa shape index (κ2) is 8.70. The van der Waals surface area contributed by atoms with Crippen LogP contribution in [0.1, 0.15) is 46.9 Å². The molecule has 2 aliphatic rings. The van der Waals surface area contributed by atoms with Crippen molar-refractivity contribution < 1.29 is 22.7 Å². The van der Waals surface area contributed by atoms with Crippen molar-refractivity contribution in [1.82, 2.24) is 4.90 Å². The maximum Gasteiger partial charge on any atom is 0.339 e. The number of fused-ring (bicyclic) bond motifs is 1. The standard InChI is InChI=1S/C23H26N2O5S/c1-31(28,29)25-15-12-18-16-19(10-11-20(18)25)23(27)30-21(17-8-4-2-5-9-17)22(26)24-13-6-3-7-14-24/h2,4-5,8-11,16,21H,3,6-7,12-15H2,1H3/t21-/m1/s1. The smallest absolute Gasteiger partial charge is 0.339 e. The van der Waals surface area contributed by atoms with Crippen LogP contribution in [0.15, 0.2) is 48.5 Å². The van der Waals surface area contributed by atoms with Gasteiger partial charge in [0.05, 0.1) is 17.5 Å². The van der Waals surface area contributed by atoms with Crippen LogP contribution in [0.3, 0.4) is 0 Å². The molecular formula is C23H26N2O5S. The normalized spacial score (nSPS) is 17.2. The first-order chi connectivity index (χ1) is 14.8. The molecule has 0 spiro atoms. The zero-order chi connectivity index (χ0) is 22.0. The van der Waals surface area contributed by atoms with Gasteiger partial charge in [-0.2, -0.15) is 0 Å². The Morgan fingerprint density at radius 3 is 2.35 bits per heavy atom. The molecule has 2 heterocycles. The number of likely N-dealkylation sites (tertiary alicyclic amines) is 1. The molecule has 1 amide bonds. The fourth-order valence-corrected chi connectivity index (χ4v) is 5.15. The van der Waals surface area contributed by atoms with Crippen molar-refractivity contribution in [3.8, 4) is 0 Å². The van der Waals surface area contributed by atoms with E-state index in [1.165, 1.54) is 10.6 Å². The zero-order valence-corrected chi connectivity index (χ0v) is 18.3. The lowest BCUT2D eigenvalue weighted by Gasteiger charge is -2.30. The summed E-state index contributed by atoms with van der Waals surface area (Å²) in [7, 11) is -3.36. The van der Waals surface area contributed by atoms with E-state index in [-0.39, 0.29) is 5.91 Å². The molecular weight excluding hydrogens is 416 g/mol. The van der Waals surface area contributed by atoms with Gasteiger partial charge in [0.25, 0.3) is 5.91 Å². The molecule has 1 fully saturated rings. The number of piperidine rings is 1. The number of carbonyl (C=O) groups is 2. The monoisotopic (exact) mass is 442 g/mol. The van der Waals surface area contributed by atoms with Gasteiger partial charge in [0.15, 0.2) is 0 Å². The van der Waals surface area contributed by atoms with Crippen molar-refractivity contribution in [2.45, 2.75) is 31.8 Å². The van der Waals surface area contributed by atoms with Gasteiger partial charge in [-0.15, -0.1) is 0 Å². The summed E-state index contributed by atoms with van der Waals surface area (Å²) in [6, 6.07) is 13.9. The predicted molar refractivity (Wildman–Crippen MR) is 117 cm³/mol. The number of amides is 1. The average molecular weight is 443 g/mol. The first kappa shape index (κ1) is 21.4. The molecule has 0 aromatic heterocycles. The summed E-state index contributed by atoms with van der Waals surface area (Å²) in [5.74, 6) is -0.802. The van der Waals surface area contributed by atoms with Crippen LogP contribution in [0.25, 0.3) is 0 Å². The van der Waals surface area contributed by atoms with Gasteiger partial charge < -0.3 is 9.64 Å². The second-order valence-electron chi connectivity index (χ2n) is 8.01. The Bertz CT molecular complexity index is 1080. The Morgan fingerprint density at radius 1 is 0.968 bits per heavy atom. The highest BCUT2D eigenvalue weighted by Gasteiger charge is 2.32. The number of hydrogen-bond donors (Lipinski definition) is 0. The van der Waals surface area contributed by atoms with Crippen LogP contribution in [0.4, 0.5) is 5.69 Å². The molecule has 1 saturated heterocycles. The van der Waals surface area contributed by atoms with Crippen molar-refractivity contribution in [3.63, 3.8) is 0 Å². The Kier molecular flexibility index (Phi) is 6.00. The Hall–Kier alpha value is -2.87. The number of anilines is 1. The van der Waals surface area contributed by atoms with Crippen LogP contribution in [0, 0.1) is 0 Å². The lowest BCUT2D eigenvalue weighted by atomic mass is 10.1. The highest BCUT2D eigenvalue weighted by Crippen LogP contribution is 2.31. The van der Waals surface area contributed by atoms with E-state index in [4.69, 9.17) is 4.74 Å². The van der Waals surface area contributed by atoms with Gasteiger partial charge >= 0.3 is 5.97 Å². The van der Waals surface area contributed by atoms with Gasteiger partial charge in [0.2, 0.25) is 16.1 Å². The summed E-state index contributed by atoms with van der Waals surface area (Å²) in [6.45, 7) is 1.69. The quantitative estimate of drug-likeness (QED) is 0.665. The average Bonchev–Trinajstić information content (AvgIpc) is 3.22. The third-order valence-corrected chi connectivity index (χ3v) is 6.97. The van der Waals surface area contributed by atoms with Crippen LogP contribution in [-0.2, 0) is 26.0 Å². The van der Waals surface area contributed by atoms with Crippen LogP contribution < -0.4 is 4.31 Å².